The number of amides is 3. The monoisotopic (exact) mass is 350 g/mol. The molecule has 0 saturated carbocycles. The van der Waals surface area contributed by atoms with Crippen LogP contribution in [0.2, 0.25) is 0 Å². The Hall–Kier alpha value is -2.48. The van der Waals surface area contributed by atoms with Crippen LogP contribution in [0.1, 0.15) is 19.4 Å². The maximum atomic E-state index is 12.3. The van der Waals surface area contributed by atoms with E-state index >= 15 is 0 Å². The molecule has 128 valence electrons. The van der Waals surface area contributed by atoms with Gasteiger partial charge in [-0.2, -0.15) is 0 Å². The number of imide groups is 1. The van der Waals surface area contributed by atoms with Gasteiger partial charge in [0.05, 0.1) is 11.5 Å². The van der Waals surface area contributed by atoms with E-state index in [2.05, 4.69) is 5.32 Å². The van der Waals surface area contributed by atoms with Crippen molar-refractivity contribution < 1.29 is 24.2 Å². The van der Waals surface area contributed by atoms with Gasteiger partial charge in [-0.3, -0.25) is 14.5 Å². The topological polar surface area (TPSA) is 95.9 Å². The number of ether oxygens (including phenoxy) is 1. The highest BCUT2D eigenvalue weighted by molar-refractivity contribution is 8.18. The third-order valence-corrected chi connectivity index (χ3v) is 4.10. The molecular weight excluding hydrogens is 332 g/mol. The Bertz CT molecular complexity index is 672. The summed E-state index contributed by atoms with van der Waals surface area (Å²) in [5.74, 6) is 0.314. The molecule has 8 heteroatoms. The van der Waals surface area contributed by atoms with Crippen molar-refractivity contribution in [3.05, 3.63) is 34.7 Å². The Morgan fingerprint density at radius 2 is 2.04 bits per heavy atom. The zero-order valence-electron chi connectivity index (χ0n) is 13.3. The van der Waals surface area contributed by atoms with Crippen LogP contribution in [-0.4, -0.2) is 46.4 Å². The first kappa shape index (κ1) is 17.9. The molecule has 0 aliphatic carbocycles. The fraction of sp³-hybridized carbons (Fsp3) is 0.312. The third-order valence-electron chi connectivity index (χ3n) is 3.19. The molecule has 1 unspecified atom stereocenters. The molecule has 0 radical (unpaired) electrons. The minimum atomic E-state index is -1.19. The lowest BCUT2D eigenvalue weighted by Gasteiger charge is -2.17. The van der Waals surface area contributed by atoms with Crippen LogP contribution in [0.3, 0.4) is 0 Å². The number of nitrogens with one attached hydrogen (secondary N) is 1. The zero-order valence-corrected chi connectivity index (χ0v) is 14.1. The van der Waals surface area contributed by atoms with Crippen LogP contribution in [0, 0.1) is 0 Å². The number of carbonyl (C=O) groups excluding carboxylic acids is 2. The number of hydrogen-bond donors (Lipinski definition) is 2. The summed E-state index contributed by atoms with van der Waals surface area (Å²) in [6.45, 7) is 4.05. The number of carboxylic acid groups (broad SMARTS) is 1. The molecule has 1 fully saturated rings. The first-order valence-corrected chi connectivity index (χ1v) is 8.20. The fourth-order valence-corrected chi connectivity index (χ4v) is 3.01. The number of carbonyl (C=O) groups is 3. The van der Waals surface area contributed by atoms with Crippen LogP contribution in [0.5, 0.6) is 5.75 Å². The van der Waals surface area contributed by atoms with Crippen LogP contribution < -0.4 is 10.1 Å². The molecule has 3 amide bonds. The van der Waals surface area contributed by atoms with E-state index in [1.165, 1.54) is 0 Å². The summed E-state index contributed by atoms with van der Waals surface area (Å²) in [7, 11) is 0. The molecule has 24 heavy (non-hydrogen) atoms. The molecule has 1 aromatic rings. The molecule has 1 aliphatic heterocycles. The molecular formula is C16H18N2O5S. The molecule has 0 bridgehead atoms. The molecule has 0 spiro atoms. The Morgan fingerprint density at radius 3 is 2.62 bits per heavy atom. The van der Waals surface area contributed by atoms with Gasteiger partial charge in [0.15, 0.2) is 0 Å². The predicted molar refractivity (Wildman–Crippen MR) is 90.9 cm³/mol. The van der Waals surface area contributed by atoms with Gasteiger partial charge in [0.1, 0.15) is 5.75 Å². The fourth-order valence-electron chi connectivity index (χ4n) is 2.17. The summed E-state index contributed by atoms with van der Waals surface area (Å²) in [6.07, 6.45) is 0.440. The summed E-state index contributed by atoms with van der Waals surface area (Å²) in [4.78, 5) is 36.3. The molecule has 2 rings (SSSR count). The van der Waals surface area contributed by atoms with Crippen molar-refractivity contribution in [1.29, 1.82) is 0 Å². The third kappa shape index (κ3) is 4.51. The molecule has 1 heterocycles. The molecule has 1 aliphatic rings. The van der Waals surface area contributed by atoms with E-state index < -0.39 is 23.3 Å². The summed E-state index contributed by atoms with van der Waals surface area (Å²) >= 11 is 0.844. The first-order valence-electron chi connectivity index (χ1n) is 7.38. The quantitative estimate of drug-likeness (QED) is 0.766. The lowest BCUT2D eigenvalue weighted by atomic mass is 10.2. The van der Waals surface area contributed by atoms with Gasteiger partial charge in [-0.1, -0.05) is 12.1 Å². The maximum absolute atomic E-state index is 12.3. The van der Waals surface area contributed by atoms with Crippen molar-refractivity contribution in [2.75, 3.05) is 13.2 Å². The highest BCUT2D eigenvalue weighted by Gasteiger charge is 2.35. The lowest BCUT2D eigenvalue weighted by molar-refractivity contribution is -0.122. The Labute approximate surface area is 143 Å². The van der Waals surface area contributed by atoms with Crippen LogP contribution in [0.25, 0.3) is 6.08 Å². The van der Waals surface area contributed by atoms with E-state index in [4.69, 9.17) is 9.84 Å². The van der Waals surface area contributed by atoms with Crippen molar-refractivity contribution in [3.63, 3.8) is 0 Å². The average molecular weight is 350 g/mol. The van der Waals surface area contributed by atoms with E-state index in [1.54, 1.807) is 37.3 Å². The standard InChI is InChI=1S/C16H18N2O5S/c1-3-23-12-6-4-11(5-7-12)8-13-14(19)18(16(22)24-13)9-10(2)17-15(20)21/h4-8,10,17H,3,9H2,1-2H3,(H,20,21)/b13-8-. The molecule has 1 atom stereocenters. The zero-order chi connectivity index (χ0) is 17.7. The number of hydrogen-bond acceptors (Lipinski definition) is 5. The van der Waals surface area contributed by atoms with Gasteiger partial charge >= 0.3 is 6.09 Å². The van der Waals surface area contributed by atoms with Crippen molar-refractivity contribution in [2.24, 2.45) is 0 Å². The molecule has 0 aromatic heterocycles. The SMILES string of the molecule is CCOc1ccc(/C=C2\SC(=O)N(CC(C)NC(=O)O)C2=O)cc1. The largest absolute Gasteiger partial charge is 0.494 e. The van der Waals surface area contributed by atoms with Gasteiger partial charge in [0.25, 0.3) is 11.1 Å². The van der Waals surface area contributed by atoms with E-state index in [-0.39, 0.29) is 6.54 Å². The Morgan fingerprint density at radius 1 is 1.38 bits per heavy atom. The second kappa shape index (κ2) is 7.87. The normalized spacial score (nSPS) is 17.2. The Kier molecular flexibility index (Phi) is 5.86. The molecule has 1 aromatic carbocycles. The van der Waals surface area contributed by atoms with Gasteiger partial charge in [-0.05, 0) is 49.4 Å². The first-order chi connectivity index (χ1) is 11.4. The Balaban J connectivity index is 2.08. The van der Waals surface area contributed by atoms with E-state index in [1.807, 2.05) is 6.92 Å². The summed E-state index contributed by atoms with van der Waals surface area (Å²) in [5.41, 5.74) is 0.778. The van der Waals surface area contributed by atoms with Gasteiger partial charge in [-0.25, -0.2) is 4.79 Å². The number of benzene rings is 1. The number of nitrogens with zero attached hydrogens (tertiary/aromatic N) is 1. The van der Waals surface area contributed by atoms with Gasteiger partial charge in [0.2, 0.25) is 0 Å². The van der Waals surface area contributed by atoms with Crippen LogP contribution in [-0.2, 0) is 4.79 Å². The predicted octanol–water partition coefficient (Wildman–Crippen LogP) is 2.78. The second-order valence-corrected chi connectivity index (χ2v) is 6.14. The van der Waals surface area contributed by atoms with E-state index in [0.717, 1.165) is 28.0 Å². The number of thioether (sulfide) groups is 1. The smallest absolute Gasteiger partial charge is 0.404 e. The summed E-state index contributed by atoms with van der Waals surface area (Å²) in [6, 6.07) is 6.64. The summed E-state index contributed by atoms with van der Waals surface area (Å²) in [5, 5.41) is 10.5. The highest BCUT2D eigenvalue weighted by Crippen LogP contribution is 2.32. The van der Waals surface area contributed by atoms with Crippen LogP contribution in [0.15, 0.2) is 29.2 Å². The average Bonchev–Trinajstić information content (AvgIpc) is 2.76. The van der Waals surface area contributed by atoms with Gasteiger partial charge in [-0.15, -0.1) is 0 Å². The van der Waals surface area contributed by atoms with Crippen molar-refractivity contribution in [2.45, 2.75) is 19.9 Å². The lowest BCUT2D eigenvalue weighted by Crippen LogP contribution is -2.43. The van der Waals surface area contributed by atoms with E-state index in [0.29, 0.717) is 11.5 Å². The van der Waals surface area contributed by atoms with Crippen molar-refractivity contribution in [3.8, 4) is 5.75 Å². The van der Waals surface area contributed by atoms with Crippen molar-refractivity contribution >= 4 is 35.1 Å². The van der Waals surface area contributed by atoms with E-state index in [9.17, 15) is 14.4 Å². The van der Waals surface area contributed by atoms with Gasteiger partial charge in [0, 0.05) is 12.6 Å². The molecule has 1 saturated heterocycles. The molecule has 7 nitrogen and oxygen atoms in total. The maximum Gasteiger partial charge on any atom is 0.404 e. The summed E-state index contributed by atoms with van der Waals surface area (Å²) < 4.78 is 5.35. The molecule has 2 N–H and O–H groups in total. The second-order valence-electron chi connectivity index (χ2n) is 5.14. The highest BCUT2D eigenvalue weighted by atomic mass is 32.2. The van der Waals surface area contributed by atoms with Crippen LogP contribution >= 0.6 is 11.8 Å². The van der Waals surface area contributed by atoms with Crippen LogP contribution in [0.4, 0.5) is 9.59 Å². The van der Waals surface area contributed by atoms with Crippen molar-refractivity contribution in [1.82, 2.24) is 10.2 Å². The number of rotatable bonds is 6. The minimum Gasteiger partial charge on any atom is -0.494 e. The minimum absolute atomic E-state index is 0.00240. The van der Waals surface area contributed by atoms with Gasteiger partial charge < -0.3 is 15.2 Å².